The zero-order chi connectivity index (χ0) is 13.4. The Labute approximate surface area is 110 Å². The van der Waals surface area contributed by atoms with Crippen LogP contribution >= 0.6 is 0 Å². The highest BCUT2D eigenvalue weighted by Gasteiger charge is 2.48. The lowest BCUT2D eigenvalue weighted by Crippen LogP contribution is -2.42. The van der Waals surface area contributed by atoms with Gasteiger partial charge in [0.15, 0.2) is 0 Å². The van der Waals surface area contributed by atoms with Crippen molar-refractivity contribution in [1.29, 1.82) is 0 Å². The number of carbonyl (C=O) groups excluding carboxylic acids is 2. The number of anilines is 1. The lowest BCUT2D eigenvalue weighted by atomic mass is 9.82. The molecule has 1 amide bonds. The van der Waals surface area contributed by atoms with Crippen LogP contribution in [0.15, 0.2) is 36.7 Å². The fourth-order valence-electron chi connectivity index (χ4n) is 3.16. The van der Waals surface area contributed by atoms with Crippen molar-refractivity contribution < 1.29 is 14.7 Å². The van der Waals surface area contributed by atoms with Gasteiger partial charge in [-0.1, -0.05) is 12.2 Å². The minimum Gasteiger partial charge on any atom is -0.550 e. The van der Waals surface area contributed by atoms with Gasteiger partial charge in [-0.3, -0.25) is 9.78 Å². The van der Waals surface area contributed by atoms with Crippen LogP contribution in [0.2, 0.25) is 0 Å². The van der Waals surface area contributed by atoms with Crippen molar-refractivity contribution in [2.75, 3.05) is 5.32 Å². The average Bonchev–Trinajstić information content (AvgIpc) is 2.99. The number of fused-ring (bicyclic) bond motifs is 2. The molecule has 0 spiro atoms. The Balaban J connectivity index is 1.79. The first-order chi connectivity index (χ1) is 9.16. The van der Waals surface area contributed by atoms with Gasteiger partial charge in [0, 0.05) is 18.1 Å². The van der Waals surface area contributed by atoms with Crippen molar-refractivity contribution in [3.8, 4) is 0 Å². The van der Waals surface area contributed by atoms with Crippen LogP contribution in [0.1, 0.15) is 6.42 Å². The molecule has 5 heteroatoms. The topological polar surface area (TPSA) is 82.1 Å². The van der Waals surface area contributed by atoms with Crippen molar-refractivity contribution in [3.05, 3.63) is 36.7 Å². The van der Waals surface area contributed by atoms with Crippen LogP contribution in [0.25, 0.3) is 0 Å². The van der Waals surface area contributed by atoms with E-state index in [1.807, 2.05) is 12.2 Å². The Kier molecular flexibility index (Phi) is 2.81. The van der Waals surface area contributed by atoms with Gasteiger partial charge < -0.3 is 15.2 Å². The van der Waals surface area contributed by atoms with Crippen LogP contribution < -0.4 is 10.4 Å². The Morgan fingerprint density at radius 3 is 2.63 bits per heavy atom. The van der Waals surface area contributed by atoms with E-state index in [4.69, 9.17) is 0 Å². The van der Waals surface area contributed by atoms with Crippen LogP contribution in [0.4, 0.5) is 5.69 Å². The predicted octanol–water partition coefficient (Wildman–Crippen LogP) is 0.208. The summed E-state index contributed by atoms with van der Waals surface area (Å²) in [5, 5.41) is 13.9. The number of rotatable bonds is 3. The maximum absolute atomic E-state index is 12.3. The summed E-state index contributed by atoms with van der Waals surface area (Å²) in [7, 11) is 0. The number of amides is 1. The molecule has 3 rings (SSSR count). The van der Waals surface area contributed by atoms with Gasteiger partial charge in [0.2, 0.25) is 5.91 Å². The molecular weight excluding hydrogens is 244 g/mol. The summed E-state index contributed by atoms with van der Waals surface area (Å²) in [6, 6.07) is 3.44. The molecule has 2 bridgehead atoms. The first kappa shape index (κ1) is 11.9. The molecule has 0 aromatic carbocycles. The van der Waals surface area contributed by atoms with E-state index in [9.17, 15) is 14.7 Å². The zero-order valence-corrected chi connectivity index (χ0v) is 10.2. The molecule has 2 aliphatic rings. The summed E-state index contributed by atoms with van der Waals surface area (Å²) in [5.74, 6) is -2.72. The number of aliphatic carboxylic acids is 1. The number of pyridine rings is 1. The van der Waals surface area contributed by atoms with Crippen LogP contribution in [0, 0.1) is 23.7 Å². The quantitative estimate of drug-likeness (QED) is 0.785. The van der Waals surface area contributed by atoms with Gasteiger partial charge >= 0.3 is 0 Å². The van der Waals surface area contributed by atoms with E-state index in [1.165, 1.54) is 6.20 Å². The second-order valence-corrected chi connectivity index (χ2v) is 5.05. The number of aromatic nitrogens is 1. The fraction of sp³-hybridized carbons (Fsp3) is 0.357. The smallest absolute Gasteiger partial charge is 0.228 e. The minimum absolute atomic E-state index is 0.00423. The van der Waals surface area contributed by atoms with Gasteiger partial charge in [-0.05, 0) is 30.4 Å². The van der Waals surface area contributed by atoms with Gasteiger partial charge in [-0.2, -0.15) is 0 Å². The molecule has 2 aliphatic carbocycles. The number of carboxylic acids is 1. The molecule has 98 valence electrons. The van der Waals surface area contributed by atoms with Crippen LogP contribution in [0.5, 0.6) is 0 Å². The maximum Gasteiger partial charge on any atom is 0.228 e. The summed E-state index contributed by atoms with van der Waals surface area (Å²) in [5.41, 5.74) is 0.580. The molecule has 19 heavy (non-hydrogen) atoms. The first-order valence-corrected chi connectivity index (χ1v) is 6.27. The van der Waals surface area contributed by atoms with Crippen LogP contribution in [0.3, 0.4) is 0 Å². The van der Waals surface area contributed by atoms with Gasteiger partial charge in [-0.15, -0.1) is 0 Å². The summed E-state index contributed by atoms with van der Waals surface area (Å²) in [6.07, 6.45) is 7.70. The fourth-order valence-corrected chi connectivity index (χ4v) is 3.16. The van der Waals surface area contributed by atoms with E-state index in [0.717, 1.165) is 6.42 Å². The molecule has 0 saturated heterocycles. The highest BCUT2D eigenvalue weighted by atomic mass is 16.4. The summed E-state index contributed by atoms with van der Waals surface area (Å²) in [6.45, 7) is 0. The summed E-state index contributed by atoms with van der Waals surface area (Å²) in [4.78, 5) is 27.4. The third-order valence-corrected chi connectivity index (χ3v) is 3.96. The second-order valence-electron chi connectivity index (χ2n) is 5.05. The third-order valence-electron chi connectivity index (χ3n) is 3.96. The number of carbonyl (C=O) groups is 2. The summed E-state index contributed by atoms with van der Waals surface area (Å²) < 4.78 is 0. The van der Waals surface area contributed by atoms with Crippen LogP contribution in [-0.2, 0) is 9.59 Å². The Bertz CT molecular complexity index is 541. The second kappa shape index (κ2) is 4.50. The number of hydrogen-bond acceptors (Lipinski definition) is 4. The third kappa shape index (κ3) is 2.01. The van der Waals surface area contributed by atoms with E-state index in [-0.39, 0.29) is 17.7 Å². The first-order valence-electron chi connectivity index (χ1n) is 6.27. The standard InChI is InChI=1S/C14H14N2O3/c17-13(16-10-2-1-5-15-7-10)11-8-3-4-9(6-8)12(11)14(18)19/h1-5,7-9,11-12H,6H2,(H,16,17)(H,18,19)/p-1/t8-,9-,11-,12-/m0/s1. The van der Waals surface area contributed by atoms with Crippen molar-refractivity contribution in [1.82, 2.24) is 4.98 Å². The molecule has 1 N–H and O–H groups in total. The molecular formula is C14H13N2O3-. The van der Waals surface area contributed by atoms with Crippen molar-refractivity contribution >= 4 is 17.6 Å². The lowest BCUT2D eigenvalue weighted by molar-refractivity contribution is -0.313. The molecule has 1 aromatic rings. The van der Waals surface area contributed by atoms with Crippen molar-refractivity contribution in [2.45, 2.75) is 6.42 Å². The zero-order valence-electron chi connectivity index (χ0n) is 10.2. The van der Waals surface area contributed by atoms with E-state index >= 15 is 0 Å². The Hall–Kier alpha value is -2.17. The van der Waals surface area contributed by atoms with Gasteiger partial charge in [0.1, 0.15) is 0 Å². The number of carboxylic acid groups (broad SMARTS) is 1. The number of nitrogens with zero attached hydrogens (tertiary/aromatic N) is 1. The van der Waals surface area contributed by atoms with E-state index < -0.39 is 17.8 Å². The Morgan fingerprint density at radius 2 is 2.00 bits per heavy atom. The maximum atomic E-state index is 12.3. The number of nitrogens with one attached hydrogen (secondary N) is 1. The average molecular weight is 257 g/mol. The highest BCUT2D eigenvalue weighted by Crippen LogP contribution is 2.48. The minimum atomic E-state index is -1.14. The van der Waals surface area contributed by atoms with E-state index in [2.05, 4.69) is 10.3 Å². The predicted molar refractivity (Wildman–Crippen MR) is 65.6 cm³/mol. The van der Waals surface area contributed by atoms with E-state index in [1.54, 1.807) is 18.3 Å². The molecule has 1 fully saturated rings. The number of hydrogen-bond donors (Lipinski definition) is 1. The van der Waals surface area contributed by atoms with E-state index in [0.29, 0.717) is 5.69 Å². The van der Waals surface area contributed by atoms with Crippen molar-refractivity contribution in [2.24, 2.45) is 23.7 Å². The molecule has 4 atom stereocenters. The monoisotopic (exact) mass is 257 g/mol. The SMILES string of the molecule is O=C([O-])[C@@H]1[C@@H](C(=O)Nc2cccnc2)[C@H]2C=C[C@H]1C2. The number of allylic oxidation sites excluding steroid dienone is 2. The summed E-state index contributed by atoms with van der Waals surface area (Å²) >= 11 is 0. The van der Waals surface area contributed by atoms with Crippen molar-refractivity contribution in [3.63, 3.8) is 0 Å². The van der Waals surface area contributed by atoms with Gasteiger partial charge in [-0.25, -0.2) is 0 Å². The molecule has 0 radical (unpaired) electrons. The molecule has 0 unspecified atom stereocenters. The van der Waals surface area contributed by atoms with Gasteiger partial charge in [0.05, 0.1) is 17.8 Å². The lowest BCUT2D eigenvalue weighted by Gasteiger charge is -2.27. The largest absolute Gasteiger partial charge is 0.550 e. The normalized spacial score (nSPS) is 31.4. The Morgan fingerprint density at radius 1 is 1.26 bits per heavy atom. The van der Waals surface area contributed by atoms with Gasteiger partial charge in [0.25, 0.3) is 0 Å². The molecule has 1 aromatic heterocycles. The highest BCUT2D eigenvalue weighted by molar-refractivity contribution is 5.96. The molecule has 5 nitrogen and oxygen atoms in total. The molecule has 0 aliphatic heterocycles. The molecule has 1 saturated carbocycles. The molecule has 1 heterocycles. The van der Waals surface area contributed by atoms with Crippen LogP contribution in [-0.4, -0.2) is 16.9 Å².